The van der Waals surface area contributed by atoms with Gasteiger partial charge in [-0.1, -0.05) is 25.0 Å². The molecule has 0 heterocycles. The zero-order chi connectivity index (χ0) is 15.1. The third-order valence-electron chi connectivity index (χ3n) is 4.17. The summed E-state index contributed by atoms with van der Waals surface area (Å²) in [6, 6.07) is 7.99. The average Bonchev–Trinajstić information content (AvgIpc) is 2.47. The third kappa shape index (κ3) is 5.05. The van der Waals surface area contributed by atoms with E-state index in [1.807, 2.05) is 31.2 Å². The summed E-state index contributed by atoms with van der Waals surface area (Å²) >= 11 is 0. The van der Waals surface area contributed by atoms with Crippen LogP contribution in [-0.4, -0.2) is 30.8 Å². The molecule has 2 unspecified atom stereocenters. The standard InChI is InChI=1S/C17H25NO3/c1-13-5-4-7-15(11-13)21-10-9-18-12-14-6-2-3-8-16(14)17(19)20/h4-5,7,11,14,16,18H,2-3,6,8-10,12H2,1H3,(H,19,20). The number of carboxylic acid groups (broad SMARTS) is 1. The van der Waals surface area contributed by atoms with Gasteiger partial charge in [-0.25, -0.2) is 0 Å². The van der Waals surface area contributed by atoms with Crippen molar-refractivity contribution in [3.63, 3.8) is 0 Å². The molecule has 2 rings (SSSR count). The Hall–Kier alpha value is -1.55. The number of hydrogen-bond acceptors (Lipinski definition) is 3. The van der Waals surface area contributed by atoms with Crippen molar-refractivity contribution in [2.45, 2.75) is 32.6 Å². The van der Waals surface area contributed by atoms with Crippen LogP contribution in [0.2, 0.25) is 0 Å². The van der Waals surface area contributed by atoms with Crippen LogP contribution in [0, 0.1) is 18.8 Å². The van der Waals surface area contributed by atoms with Crippen LogP contribution >= 0.6 is 0 Å². The molecule has 0 spiro atoms. The van der Waals surface area contributed by atoms with Crippen LogP contribution in [0.15, 0.2) is 24.3 Å². The quantitative estimate of drug-likeness (QED) is 0.758. The SMILES string of the molecule is Cc1cccc(OCCNCC2CCCCC2C(=O)O)c1. The molecule has 0 bridgehead atoms. The molecule has 1 aliphatic rings. The molecular formula is C17H25NO3. The van der Waals surface area contributed by atoms with Gasteiger partial charge in [0.05, 0.1) is 5.92 Å². The minimum atomic E-state index is -0.641. The minimum absolute atomic E-state index is 0.177. The molecule has 0 aromatic heterocycles. The van der Waals surface area contributed by atoms with Gasteiger partial charge in [0.25, 0.3) is 0 Å². The molecule has 1 aromatic carbocycles. The average molecular weight is 291 g/mol. The summed E-state index contributed by atoms with van der Waals surface area (Å²) in [5.74, 6) is 0.328. The largest absolute Gasteiger partial charge is 0.492 e. The summed E-state index contributed by atoms with van der Waals surface area (Å²) in [6.07, 6.45) is 4.03. The van der Waals surface area contributed by atoms with Crippen molar-refractivity contribution in [1.29, 1.82) is 0 Å². The fourth-order valence-corrected chi connectivity index (χ4v) is 3.01. The molecule has 1 saturated carbocycles. The van der Waals surface area contributed by atoms with E-state index in [0.717, 1.165) is 44.5 Å². The van der Waals surface area contributed by atoms with E-state index in [-0.39, 0.29) is 11.8 Å². The van der Waals surface area contributed by atoms with Crippen LogP contribution in [0.5, 0.6) is 5.75 Å². The van der Waals surface area contributed by atoms with Crippen molar-refractivity contribution < 1.29 is 14.6 Å². The van der Waals surface area contributed by atoms with Crippen molar-refractivity contribution in [2.75, 3.05) is 19.7 Å². The Bertz CT molecular complexity index is 461. The summed E-state index contributed by atoms with van der Waals surface area (Å²) in [6.45, 7) is 4.17. The highest BCUT2D eigenvalue weighted by molar-refractivity contribution is 5.70. The lowest BCUT2D eigenvalue weighted by Crippen LogP contribution is -2.36. The number of hydrogen-bond donors (Lipinski definition) is 2. The number of aryl methyl sites for hydroxylation is 1. The van der Waals surface area contributed by atoms with E-state index in [0.29, 0.717) is 6.61 Å². The van der Waals surface area contributed by atoms with Gasteiger partial charge in [-0.2, -0.15) is 0 Å². The third-order valence-corrected chi connectivity index (χ3v) is 4.17. The van der Waals surface area contributed by atoms with Gasteiger partial charge in [0.15, 0.2) is 0 Å². The molecule has 2 N–H and O–H groups in total. The number of carbonyl (C=O) groups is 1. The molecule has 1 fully saturated rings. The smallest absolute Gasteiger partial charge is 0.306 e. The summed E-state index contributed by atoms with van der Waals surface area (Å²) in [5, 5.41) is 12.6. The molecule has 2 atom stereocenters. The maximum atomic E-state index is 11.2. The number of carboxylic acids is 1. The zero-order valence-electron chi connectivity index (χ0n) is 12.7. The first-order chi connectivity index (χ1) is 10.2. The number of benzene rings is 1. The first-order valence-corrected chi connectivity index (χ1v) is 7.80. The maximum Gasteiger partial charge on any atom is 0.306 e. The Morgan fingerprint density at radius 2 is 2.19 bits per heavy atom. The van der Waals surface area contributed by atoms with E-state index in [2.05, 4.69) is 5.32 Å². The first-order valence-electron chi connectivity index (χ1n) is 7.80. The van der Waals surface area contributed by atoms with Crippen molar-refractivity contribution in [2.24, 2.45) is 11.8 Å². The Labute approximate surface area is 126 Å². The van der Waals surface area contributed by atoms with Gasteiger partial charge in [0, 0.05) is 6.54 Å². The Balaban J connectivity index is 1.66. The van der Waals surface area contributed by atoms with Crippen molar-refractivity contribution in [3.05, 3.63) is 29.8 Å². The fraction of sp³-hybridized carbons (Fsp3) is 0.588. The molecule has 0 saturated heterocycles. The highest BCUT2D eigenvalue weighted by atomic mass is 16.5. The zero-order valence-corrected chi connectivity index (χ0v) is 12.7. The summed E-state index contributed by atoms with van der Waals surface area (Å²) < 4.78 is 5.67. The highest BCUT2D eigenvalue weighted by Gasteiger charge is 2.30. The van der Waals surface area contributed by atoms with E-state index in [1.54, 1.807) is 0 Å². The van der Waals surface area contributed by atoms with Gasteiger partial charge in [-0.05, 0) is 49.9 Å². The van der Waals surface area contributed by atoms with Crippen LogP contribution in [0.1, 0.15) is 31.2 Å². The number of ether oxygens (including phenoxy) is 1. The van der Waals surface area contributed by atoms with Crippen LogP contribution in [-0.2, 0) is 4.79 Å². The van der Waals surface area contributed by atoms with Crippen LogP contribution in [0.3, 0.4) is 0 Å². The molecule has 116 valence electrons. The highest BCUT2D eigenvalue weighted by Crippen LogP contribution is 2.29. The topological polar surface area (TPSA) is 58.6 Å². The Morgan fingerprint density at radius 1 is 1.38 bits per heavy atom. The molecule has 4 nitrogen and oxygen atoms in total. The Kier molecular flexibility index (Phi) is 6.05. The predicted molar refractivity (Wildman–Crippen MR) is 82.6 cm³/mol. The second-order valence-electron chi connectivity index (χ2n) is 5.86. The molecule has 4 heteroatoms. The van der Waals surface area contributed by atoms with Crippen molar-refractivity contribution in [1.82, 2.24) is 5.32 Å². The van der Waals surface area contributed by atoms with Crippen LogP contribution < -0.4 is 10.1 Å². The van der Waals surface area contributed by atoms with Gasteiger partial charge in [-0.15, -0.1) is 0 Å². The molecule has 1 aliphatic carbocycles. The fourth-order valence-electron chi connectivity index (χ4n) is 3.01. The molecule has 0 aliphatic heterocycles. The van der Waals surface area contributed by atoms with Gasteiger partial charge in [-0.3, -0.25) is 4.79 Å². The first kappa shape index (κ1) is 15.8. The monoisotopic (exact) mass is 291 g/mol. The molecular weight excluding hydrogens is 266 g/mol. The van der Waals surface area contributed by atoms with Crippen molar-refractivity contribution >= 4 is 5.97 Å². The van der Waals surface area contributed by atoms with E-state index in [4.69, 9.17) is 4.74 Å². The van der Waals surface area contributed by atoms with E-state index in [1.165, 1.54) is 5.56 Å². The summed E-state index contributed by atoms with van der Waals surface area (Å²) in [7, 11) is 0. The second-order valence-corrected chi connectivity index (χ2v) is 5.86. The number of rotatable bonds is 7. The Morgan fingerprint density at radius 3 is 2.95 bits per heavy atom. The summed E-state index contributed by atoms with van der Waals surface area (Å²) in [5.41, 5.74) is 1.19. The van der Waals surface area contributed by atoms with Gasteiger partial charge in [0.2, 0.25) is 0 Å². The van der Waals surface area contributed by atoms with Crippen LogP contribution in [0.4, 0.5) is 0 Å². The lowest BCUT2D eigenvalue weighted by molar-refractivity contribution is -0.144. The number of nitrogens with one attached hydrogen (secondary N) is 1. The van der Waals surface area contributed by atoms with Gasteiger partial charge >= 0.3 is 5.97 Å². The minimum Gasteiger partial charge on any atom is -0.492 e. The molecule has 1 aromatic rings. The van der Waals surface area contributed by atoms with Gasteiger partial charge in [0.1, 0.15) is 12.4 Å². The van der Waals surface area contributed by atoms with E-state index in [9.17, 15) is 9.90 Å². The summed E-state index contributed by atoms with van der Waals surface area (Å²) in [4.78, 5) is 11.2. The molecule has 0 radical (unpaired) electrons. The van der Waals surface area contributed by atoms with E-state index < -0.39 is 5.97 Å². The predicted octanol–water partition coefficient (Wildman–Crippen LogP) is 2.85. The van der Waals surface area contributed by atoms with Crippen LogP contribution in [0.25, 0.3) is 0 Å². The molecule has 0 amide bonds. The lowest BCUT2D eigenvalue weighted by atomic mass is 9.79. The lowest BCUT2D eigenvalue weighted by Gasteiger charge is -2.28. The second kappa shape index (κ2) is 8.03. The van der Waals surface area contributed by atoms with Crippen molar-refractivity contribution in [3.8, 4) is 5.75 Å². The van der Waals surface area contributed by atoms with Gasteiger partial charge < -0.3 is 15.2 Å². The van der Waals surface area contributed by atoms with E-state index >= 15 is 0 Å². The molecule has 21 heavy (non-hydrogen) atoms. The maximum absolute atomic E-state index is 11.2. The number of aliphatic carboxylic acids is 1. The normalized spacial score (nSPS) is 22.0.